The number of rotatable bonds is 1. The second kappa shape index (κ2) is 5.84. The van der Waals surface area contributed by atoms with Gasteiger partial charge in [0.1, 0.15) is 0 Å². The molecule has 1 unspecified atom stereocenters. The number of anilines is 1. The number of carbonyl (C=O) groups is 1. The van der Waals surface area contributed by atoms with Crippen LogP contribution in [0.25, 0.3) is 0 Å². The lowest BCUT2D eigenvalue weighted by atomic mass is 10.1. The van der Waals surface area contributed by atoms with Gasteiger partial charge < -0.3 is 10.2 Å². The van der Waals surface area contributed by atoms with Crippen molar-refractivity contribution in [1.29, 1.82) is 0 Å². The first kappa shape index (κ1) is 14.0. The fourth-order valence-corrected chi connectivity index (χ4v) is 2.73. The fraction of sp³-hybridized carbons (Fsp3) is 0.250. The number of hydrogen-bond donors (Lipinski definition) is 1. The van der Waals surface area contributed by atoms with Crippen LogP contribution in [0.15, 0.2) is 42.7 Å². The standard InChI is InChI=1S/C16H16ClN3O/c1-11-10-20(15-5-3-2-4-12(15)8-19-11)16(21)13-6-7-18-9-14(13)17/h2-7,9,11,19H,8,10H2,1H3. The number of halogens is 1. The van der Waals surface area contributed by atoms with Crippen molar-refractivity contribution in [2.75, 3.05) is 11.4 Å². The van der Waals surface area contributed by atoms with Gasteiger partial charge in [-0.05, 0) is 24.6 Å². The van der Waals surface area contributed by atoms with Crippen molar-refractivity contribution in [2.45, 2.75) is 19.5 Å². The predicted molar refractivity (Wildman–Crippen MR) is 83.7 cm³/mol. The Bertz CT molecular complexity index is 674. The van der Waals surface area contributed by atoms with Crippen molar-refractivity contribution in [1.82, 2.24) is 10.3 Å². The maximum Gasteiger partial charge on any atom is 0.259 e. The lowest BCUT2D eigenvalue weighted by Crippen LogP contribution is -2.39. The lowest BCUT2D eigenvalue weighted by molar-refractivity contribution is 0.0985. The normalized spacial score (nSPS) is 18.0. The van der Waals surface area contributed by atoms with Crippen LogP contribution in [-0.2, 0) is 6.54 Å². The van der Waals surface area contributed by atoms with Crippen LogP contribution in [-0.4, -0.2) is 23.5 Å². The van der Waals surface area contributed by atoms with Crippen LogP contribution >= 0.6 is 11.6 Å². The second-order valence-electron chi connectivity index (χ2n) is 5.18. The van der Waals surface area contributed by atoms with Gasteiger partial charge in [0.15, 0.2) is 0 Å². The molecule has 108 valence electrons. The average Bonchev–Trinajstić information content (AvgIpc) is 2.67. The molecule has 1 atom stereocenters. The zero-order valence-electron chi connectivity index (χ0n) is 11.7. The van der Waals surface area contributed by atoms with Crippen LogP contribution in [0.3, 0.4) is 0 Å². The number of pyridine rings is 1. The van der Waals surface area contributed by atoms with Crippen molar-refractivity contribution < 1.29 is 4.79 Å². The second-order valence-corrected chi connectivity index (χ2v) is 5.59. The molecule has 4 nitrogen and oxygen atoms in total. The van der Waals surface area contributed by atoms with E-state index in [9.17, 15) is 4.79 Å². The van der Waals surface area contributed by atoms with Gasteiger partial charge in [-0.3, -0.25) is 9.78 Å². The van der Waals surface area contributed by atoms with Crippen LogP contribution in [0.5, 0.6) is 0 Å². The molecule has 1 aromatic heterocycles. The third kappa shape index (κ3) is 2.77. The Morgan fingerprint density at radius 3 is 3.00 bits per heavy atom. The summed E-state index contributed by atoms with van der Waals surface area (Å²) in [5, 5.41) is 3.79. The molecule has 0 fully saturated rings. The first-order valence-electron chi connectivity index (χ1n) is 6.89. The van der Waals surface area contributed by atoms with E-state index in [0.29, 0.717) is 17.1 Å². The Hall–Kier alpha value is -1.91. The third-order valence-corrected chi connectivity index (χ3v) is 3.93. The monoisotopic (exact) mass is 301 g/mol. The van der Waals surface area contributed by atoms with Crippen molar-refractivity contribution in [3.8, 4) is 0 Å². The summed E-state index contributed by atoms with van der Waals surface area (Å²) in [7, 11) is 0. The van der Waals surface area contributed by atoms with Crippen LogP contribution < -0.4 is 10.2 Å². The summed E-state index contributed by atoms with van der Waals surface area (Å²) in [6, 6.07) is 9.82. The Balaban J connectivity index is 2.04. The number of hydrogen-bond acceptors (Lipinski definition) is 3. The summed E-state index contributed by atoms with van der Waals surface area (Å²) in [5.74, 6) is -0.0922. The van der Waals surface area contributed by atoms with Gasteiger partial charge in [0.05, 0.1) is 10.6 Å². The third-order valence-electron chi connectivity index (χ3n) is 3.63. The van der Waals surface area contributed by atoms with E-state index in [1.807, 2.05) is 24.3 Å². The molecule has 0 saturated heterocycles. The van der Waals surface area contributed by atoms with E-state index in [4.69, 9.17) is 11.6 Å². The minimum absolute atomic E-state index is 0.0922. The minimum Gasteiger partial charge on any atom is -0.308 e. The van der Waals surface area contributed by atoms with E-state index in [-0.39, 0.29) is 11.9 Å². The van der Waals surface area contributed by atoms with Gasteiger partial charge in [-0.25, -0.2) is 0 Å². The number of benzene rings is 1. The average molecular weight is 302 g/mol. The minimum atomic E-state index is -0.0922. The summed E-state index contributed by atoms with van der Waals surface area (Å²) in [5.41, 5.74) is 2.53. The van der Waals surface area contributed by atoms with Gasteiger partial charge in [-0.2, -0.15) is 0 Å². The Morgan fingerprint density at radius 1 is 1.38 bits per heavy atom. The molecule has 1 aliphatic heterocycles. The number of carbonyl (C=O) groups excluding carboxylic acids is 1. The van der Waals surface area contributed by atoms with Gasteiger partial charge in [0, 0.05) is 37.2 Å². The molecular weight excluding hydrogens is 286 g/mol. The highest BCUT2D eigenvalue weighted by molar-refractivity contribution is 6.34. The zero-order chi connectivity index (χ0) is 14.8. The summed E-state index contributed by atoms with van der Waals surface area (Å²) >= 11 is 6.12. The highest BCUT2D eigenvalue weighted by atomic mass is 35.5. The molecule has 3 rings (SSSR count). The highest BCUT2D eigenvalue weighted by Gasteiger charge is 2.25. The number of amides is 1. The van der Waals surface area contributed by atoms with Gasteiger partial charge in [-0.1, -0.05) is 29.8 Å². The number of nitrogens with zero attached hydrogens (tertiary/aromatic N) is 2. The summed E-state index contributed by atoms with van der Waals surface area (Å²) in [6.45, 7) is 3.43. The van der Waals surface area contributed by atoms with Gasteiger partial charge >= 0.3 is 0 Å². The maximum atomic E-state index is 12.9. The molecule has 1 aromatic carbocycles. The van der Waals surface area contributed by atoms with Crippen molar-refractivity contribution in [3.63, 3.8) is 0 Å². The molecule has 1 aliphatic rings. The Labute approximate surface area is 128 Å². The van der Waals surface area contributed by atoms with Crippen molar-refractivity contribution in [2.24, 2.45) is 0 Å². The smallest absolute Gasteiger partial charge is 0.259 e. The van der Waals surface area contributed by atoms with E-state index >= 15 is 0 Å². The zero-order valence-corrected chi connectivity index (χ0v) is 12.5. The van der Waals surface area contributed by atoms with Gasteiger partial charge in [0.25, 0.3) is 5.91 Å². The van der Waals surface area contributed by atoms with Crippen LogP contribution in [0.1, 0.15) is 22.8 Å². The van der Waals surface area contributed by atoms with Gasteiger partial charge in [-0.15, -0.1) is 0 Å². The first-order chi connectivity index (χ1) is 10.2. The SMILES string of the molecule is CC1CN(C(=O)c2ccncc2Cl)c2ccccc2CN1. The molecule has 1 N–H and O–H groups in total. The molecular formula is C16H16ClN3O. The topological polar surface area (TPSA) is 45.2 Å². The highest BCUT2D eigenvalue weighted by Crippen LogP contribution is 2.26. The first-order valence-corrected chi connectivity index (χ1v) is 7.27. The van der Waals surface area contributed by atoms with Crippen LogP contribution in [0, 0.1) is 0 Å². The fourth-order valence-electron chi connectivity index (χ4n) is 2.53. The van der Waals surface area contributed by atoms with E-state index in [1.54, 1.807) is 17.2 Å². The number of aromatic nitrogens is 1. The van der Waals surface area contributed by atoms with E-state index in [0.717, 1.165) is 17.8 Å². The molecule has 0 aliphatic carbocycles. The Morgan fingerprint density at radius 2 is 2.19 bits per heavy atom. The molecule has 0 saturated carbocycles. The molecule has 0 spiro atoms. The molecule has 0 bridgehead atoms. The summed E-state index contributed by atoms with van der Waals surface area (Å²) in [6.07, 6.45) is 3.09. The van der Waals surface area contributed by atoms with Crippen LogP contribution in [0.2, 0.25) is 5.02 Å². The number of nitrogens with one attached hydrogen (secondary N) is 1. The van der Waals surface area contributed by atoms with Crippen LogP contribution in [0.4, 0.5) is 5.69 Å². The molecule has 2 aromatic rings. The summed E-state index contributed by atoms with van der Waals surface area (Å²) < 4.78 is 0. The Kier molecular flexibility index (Phi) is 3.90. The molecule has 5 heteroatoms. The quantitative estimate of drug-likeness (QED) is 0.881. The van der Waals surface area contributed by atoms with E-state index in [1.165, 1.54) is 6.20 Å². The number of fused-ring (bicyclic) bond motifs is 1. The largest absolute Gasteiger partial charge is 0.308 e. The van der Waals surface area contributed by atoms with Crippen molar-refractivity contribution >= 4 is 23.2 Å². The summed E-state index contributed by atoms with van der Waals surface area (Å²) in [4.78, 5) is 18.6. The van der Waals surface area contributed by atoms with Gasteiger partial charge in [0.2, 0.25) is 0 Å². The van der Waals surface area contributed by atoms with E-state index in [2.05, 4.69) is 17.2 Å². The van der Waals surface area contributed by atoms with Crippen molar-refractivity contribution in [3.05, 3.63) is 58.9 Å². The molecule has 1 amide bonds. The lowest BCUT2D eigenvalue weighted by Gasteiger charge is -2.24. The van der Waals surface area contributed by atoms with E-state index < -0.39 is 0 Å². The molecule has 2 heterocycles. The number of para-hydroxylation sites is 1. The molecule has 21 heavy (non-hydrogen) atoms. The predicted octanol–water partition coefficient (Wildman–Crippen LogP) is 2.87. The molecule has 0 radical (unpaired) electrons. The maximum absolute atomic E-state index is 12.9.